The quantitative estimate of drug-likeness (QED) is 0.473. The van der Waals surface area contributed by atoms with Gasteiger partial charge >= 0.3 is 58.3 Å². The van der Waals surface area contributed by atoms with Gasteiger partial charge in [0, 0.05) is 6.61 Å². The zero-order valence-electron chi connectivity index (χ0n) is 7.06. The molecule has 0 spiro atoms. The molecule has 1 aliphatic heterocycles. The SMILES string of the molecule is Fc1ccc2c(c1)CO[B-]2(F)F.[K+]. The summed E-state index contributed by atoms with van der Waals surface area (Å²) in [5, 5.41) is 0. The zero-order chi connectivity index (χ0) is 8.77. The normalized spacial score (nSPS) is 17.8. The summed E-state index contributed by atoms with van der Waals surface area (Å²) in [7, 11) is 0. The van der Waals surface area contributed by atoms with Crippen LogP contribution in [-0.2, 0) is 11.3 Å². The summed E-state index contributed by atoms with van der Waals surface area (Å²) in [6, 6.07) is 3.18. The molecule has 1 nitrogen and oxygen atoms in total. The maximum absolute atomic E-state index is 12.8. The van der Waals surface area contributed by atoms with Crippen LogP contribution in [0.2, 0.25) is 0 Å². The minimum absolute atomic E-state index is 0. The molecule has 1 aliphatic rings. The van der Waals surface area contributed by atoms with E-state index in [1.165, 1.54) is 0 Å². The van der Waals surface area contributed by atoms with Crippen LogP contribution in [0.4, 0.5) is 13.0 Å². The van der Waals surface area contributed by atoms with Crippen molar-refractivity contribution in [1.82, 2.24) is 0 Å². The Morgan fingerprint density at radius 1 is 1.31 bits per heavy atom. The molecule has 1 aromatic rings. The Balaban J connectivity index is 0.000000845. The molecule has 0 unspecified atom stereocenters. The topological polar surface area (TPSA) is 9.23 Å². The molecule has 64 valence electrons. The third kappa shape index (κ3) is 2.19. The summed E-state index contributed by atoms with van der Waals surface area (Å²) < 4.78 is 42.3. The summed E-state index contributed by atoms with van der Waals surface area (Å²) in [4.78, 5) is 0. The average Bonchev–Trinajstić information content (AvgIpc) is 2.27. The van der Waals surface area contributed by atoms with Crippen molar-refractivity contribution >= 4 is 12.4 Å². The van der Waals surface area contributed by atoms with Crippen LogP contribution in [0.15, 0.2) is 18.2 Å². The minimum Gasteiger partial charge on any atom is -0.531 e. The maximum Gasteiger partial charge on any atom is 1.00 e. The first-order valence-corrected chi connectivity index (χ1v) is 3.53. The Hall–Kier alpha value is 0.671. The summed E-state index contributed by atoms with van der Waals surface area (Å²) in [5.41, 5.74) is 0.0800. The number of fused-ring (bicyclic) bond motifs is 1. The third-order valence-electron chi connectivity index (χ3n) is 1.92. The van der Waals surface area contributed by atoms with Crippen LogP contribution in [0.3, 0.4) is 0 Å². The van der Waals surface area contributed by atoms with E-state index in [0.29, 0.717) is 0 Å². The maximum atomic E-state index is 12.8. The first-order valence-electron chi connectivity index (χ1n) is 3.53. The largest absolute Gasteiger partial charge is 1.00 e. The van der Waals surface area contributed by atoms with Gasteiger partial charge in [-0.15, -0.1) is 5.46 Å². The van der Waals surface area contributed by atoms with Gasteiger partial charge in [-0.05, 0) is 12.1 Å². The van der Waals surface area contributed by atoms with E-state index in [1.54, 1.807) is 0 Å². The predicted molar refractivity (Wildman–Crippen MR) is 38.8 cm³/mol. The van der Waals surface area contributed by atoms with Gasteiger partial charge in [-0.1, -0.05) is 11.6 Å². The van der Waals surface area contributed by atoms with Crippen molar-refractivity contribution in [2.45, 2.75) is 6.61 Å². The van der Waals surface area contributed by atoms with Gasteiger partial charge in [-0.2, -0.15) is 0 Å². The molecule has 0 fully saturated rings. The van der Waals surface area contributed by atoms with Gasteiger partial charge in [0.15, 0.2) is 0 Å². The average molecular weight is 212 g/mol. The first kappa shape index (κ1) is 11.7. The van der Waals surface area contributed by atoms with Crippen LogP contribution in [0.25, 0.3) is 0 Å². The number of hydrogen-bond donors (Lipinski definition) is 0. The first-order chi connectivity index (χ1) is 5.59. The molecule has 1 heterocycles. The Labute approximate surface area is 116 Å². The van der Waals surface area contributed by atoms with Crippen LogP contribution in [-0.4, -0.2) is 6.90 Å². The van der Waals surface area contributed by atoms with Crippen molar-refractivity contribution in [3.8, 4) is 0 Å². The van der Waals surface area contributed by atoms with E-state index in [0.717, 1.165) is 18.2 Å². The standard InChI is InChI=1S/C7H5BF3O.K/c9-6-1-2-7-5(3-6)4-12-8(7,10)11;/h1-3H,4H2;/q-1;+1. The zero-order valence-corrected chi connectivity index (χ0v) is 10.2. The predicted octanol–water partition coefficient (Wildman–Crippen LogP) is -1.56. The molecule has 0 radical (unpaired) electrons. The van der Waals surface area contributed by atoms with Gasteiger partial charge in [0.05, 0.1) is 0 Å². The molecule has 0 saturated heterocycles. The number of benzene rings is 1. The molecule has 13 heavy (non-hydrogen) atoms. The van der Waals surface area contributed by atoms with Gasteiger partial charge in [-0.3, -0.25) is 0 Å². The Kier molecular flexibility index (Phi) is 3.65. The summed E-state index contributed by atoms with van der Waals surface area (Å²) in [6.07, 6.45) is 0. The number of halogens is 3. The second kappa shape index (κ2) is 4.04. The van der Waals surface area contributed by atoms with E-state index in [4.69, 9.17) is 0 Å². The minimum atomic E-state index is -3.88. The monoisotopic (exact) mass is 212 g/mol. The molecular formula is C7H5BF3KO. The molecule has 6 heteroatoms. The smallest absolute Gasteiger partial charge is 0.531 e. The van der Waals surface area contributed by atoms with Gasteiger partial charge in [0.25, 0.3) is 0 Å². The van der Waals surface area contributed by atoms with Gasteiger partial charge in [0.2, 0.25) is 0 Å². The third-order valence-corrected chi connectivity index (χ3v) is 1.92. The second-order valence-electron chi connectivity index (χ2n) is 2.75. The molecular weight excluding hydrogens is 207 g/mol. The summed E-state index contributed by atoms with van der Waals surface area (Å²) in [6.45, 7) is -4.07. The van der Waals surface area contributed by atoms with Gasteiger partial charge < -0.3 is 13.3 Å². The van der Waals surface area contributed by atoms with Crippen molar-refractivity contribution in [1.29, 1.82) is 0 Å². The molecule has 0 atom stereocenters. The van der Waals surface area contributed by atoms with Crippen molar-refractivity contribution in [3.63, 3.8) is 0 Å². The molecule has 0 aromatic heterocycles. The summed E-state index contributed by atoms with van der Waals surface area (Å²) >= 11 is 0. The Morgan fingerprint density at radius 3 is 2.69 bits per heavy atom. The Morgan fingerprint density at radius 2 is 2.00 bits per heavy atom. The molecule has 0 N–H and O–H groups in total. The van der Waals surface area contributed by atoms with Crippen LogP contribution in [0, 0.1) is 5.82 Å². The van der Waals surface area contributed by atoms with Gasteiger partial charge in [0.1, 0.15) is 5.82 Å². The molecule has 0 amide bonds. The van der Waals surface area contributed by atoms with Crippen LogP contribution in [0.1, 0.15) is 5.56 Å². The van der Waals surface area contributed by atoms with E-state index in [2.05, 4.69) is 4.65 Å². The van der Waals surface area contributed by atoms with Crippen LogP contribution < -0.4 is 56.8 Å². The van der Waals surface area contributed by atoms with E-state index >= 15 is 0 Å². The Bertz CT molecular complexity index is 332. The summed E-state index contributed by atoms with van der Waals surface area (Å²) in [5.74, 6) is -0.508. The fourth-order valence-electron chi connectivity index (χ4n) is 1.31. The number of rotatable bonds is 0. The van der Waals surface area contributed by atoms with E-state index in [-0.39, 0.29) is 69.0 Å². The van der Waals surface area contributed by atoms with Crippen molar-refractivity contribution in [2.24, 2.45) is 0 Å². The van der Waals surface area contributed by atoms with Crippen molar-refractivity contribution < 1.29 is 69.1 Å². The fourth-order valence-corrected chi connectivity index (χ4v) is 1.31. The second-order valence-corrected chi connectivity index (χ2v) is 2.75. The fraction of sp³-hybridized carbons (Fsp3) is 0.143. The van der Waals surface area contributed by atoms with E-state index in [1.807, 2.05) is 0 Å². The molecule has 0 bridgehead atoms. The molecule has 0 saturated carbocycles. The molecule has 2 rings (SSSR count). The van der Waals surface area contributed by atoms with E-state index < -0.39 is 12.7 Å². The molecule has 0 aliphatic carbocycles. The van der Waals surface area contributed by atoms with Crippen LogP contribution >= 0.6 is 0 Å². The van der Waals surface area contributed by atoms with Crippen molar-refractivity contribution in [2.75, 3.05) is 0 Å². The van der Waals surface area contributed by atoms with Crippen LogP contribution in [0.5, 0.6) is 0 Å². The van der Waals surface area contributed by atoms with Crippen molar-refractivity contribution in [3.05, 3.63) is 29.6 Å². The molecule has 1 aromatic carbocycles. The van der Waals surface area contributed by atoms with E-state index in [9.17, 15) is 13.0 Å². The van der Waals surface area contributed by atoms with Gasteiger partial charge in [-0.25, -0.2) is 4.39 Å². The number of hydrogen-bond acceptors (Lipinski definition) is 1.